The summed E-state index contributed by atoms with van der Waals surface area (Å²) in [6.45, 7) is 26.9. The van der Waals surface area contributed by atoms with Gasteiger partial charge >= 0.3 is 0 Å². The zero-order valence-corrected chi connectivity index (χ0v) is 26.0. The monoisotopic (exact) mass is 538 g/mol. The van der Waals surface area contributed by atoms with Gasteiger partial charge in [-0.25, -0.2) is 0 Å². The van der Waals surface area contributed by atoms with Gasteiger partial charge in [0.05, 0.1) is 0 Å². The topological polar surface area (TPSA) is 0 Å². The van der Waals surface area contributed by atoms with Crippen LogP contribution in [0.5, 0.6) is 0 Å². The molecule has 2 atom stereocenters. The molecule has 5 rings (SSSR count). The summed E-state index contributed by atoms with van der Waals surface area (Å²) in [5, 5.41) is 0. The highest BCUT2D eigenvalue weighted by Gasteiger charge is 2.41. The predicted octanol–water partition coefficient (Wildman–Crippen LogP) is 11.8. The molecule has 0 nitrogen and oxygen atoms in total. The summed E-state index contributed by atoms with van der Waals surface area (Å²) < 4.78 is 0. The summed E-state index contributed by atoms with van der Waals surface area (Å²) in [5.41, 5.74) is 18.7. The molecule has 0 radical (unpaired) electrons. The Morgan fingerprint density at radius 2 is 1.71 bits per heavy atom. The van der Waals surface area contributed by atoms with E-state index in [4.69, 9.17) is 6.58 Å². The zero-order chi connectivity index (χ0) is 29.4. The van der Waals surface area contributed by atoms with E-state index in [1.807, 2.05) is 0 Å². The molecule has 3 aliphatic rings. The van der Waals surface area contributed by atoms with Gasteiger partial charge in [0.25, 0.3) is 0 Å². The lowest BCUT2D eigenvalue weighted by atomic mass is 9.69. The molecule has 0 N–H and O–H groups in total. The summed E-state index contributed by atoms with van der Waals surface area (Å²) in [5.74, 6) is 1.09. The minimum absolute atomic E-state index is 0.269. The molecule has 1 saturated carbocycles. The van der Waals surface area contributed by atoms with E-state index in [9.17, 15) is 0 Å². The van der Waals surface area contributed by atoms with Crippen molar-refractivity contribution in [2.75, 3.05) is 0 Å². The summed E-state index contributed by atoms with van der Waals surface area (Å²) in [6.07, 6.45) is 13.5. The van der Waals surface area contributed by atoms with Gasteiger partial charge in [0.15, 0.2) is 0 Å². The molecule has 2 aromatic carbocycles. The molecule has 0 aliphatic heterocycles. The molecule has 1 fully saturated rings. The first kappa shape index (κ1) is 28.9. The number of hydrogen-bond acceptors (Lipinski definition) is 0. The maximum atomic E-state index is 4.76. The first-order valence-corrected chi connectivity index (χ1v) is 15.3. The Labute approximate surface area is 249 Å². The number of aryl methyl sites for hydroxylation is 1. The Kier molecular flexibility index (Phi) is 8.23. The van der Waals surface area contributed by atoms with Crippen molar-refractivity contribution in [2.45, 2.75) is 79.1 Å². The summed E-state index contributed by atoms with van der Waals surface area (Å²) >= 11 is 0. The first-order valence-electron chi connectivity index (χ1n) is 15.3. The third-order valence-corrected chi connectivity index (χ3v) is 9.18. The molecule has 210 valence electrons. The van der Waals surface area contributed by atoms with Crippen LogP contribution in [-0.2, 0) is 0 Å². The van der Waals surface area contributed by atoms with Gasteiger partial charge in [0.1, 0.15) is 0 Å². The van der Waals surface area contributed by atoms with Gasteiger partial charge < -0.3 is 0 Å². The van der Waals surface area contributed by atoms with E-state index >= 15 is 0 Å². The van der Waals surface area contributed by atoms with E-state index in [0.717, 1.165) is 31.3 Å². The Balaban J connectivity index is 1.45. The van der Waals surface area contributed by atoms with Crippen LogP contribution in [0.4, 0.5) is 0 Å². The number of rotatable bonds is 8. The molecule has 2 aromatic rings. The molecule has 0 amide bonds. The SMILES string of the molecule is C=C(CCC)C1=C(C)C=C2C/C(=C\C3=CC=C(c4ccc(C)cc4C(=C)C)C3)C(=C)C2C1c1ccc(C(C)C)cc1. The van der Waals surface area contributed by atoms with Crippen LogP contribution in [0.3, 0.4) is 0 Å². The Morgan fingerprint density at radius 3 is 2.37 bits per heavy atom. The average Bonchev–Trinajstić information content (AvgIpc) is 3.52. The lowest BCUT2D eigenvalue weighted by Crippen LogP contribution is -2.21. The van der Waals surface area contributed by atoms with Crippen molar-refractivity contribution in [1.82, 2.24) is 0 Å². The second-order valence-electron chi connectivity index (χ2n) is 12.8. The second kappa shape index (κ2) is 11.7. The van der Waals surface area contributed by atoms with Crippen LogP contribution in [0.1, 0.15) is 100.0 Å². The van der Waals surface area contributed by atoms with Crippen molar-refractivity contribution in [3.63, 3.8) is 0 Å². The van der Waals surface area contributed by atoms with Crippen molar-refractivity contribution >= 4 is 11.1 Å². The van der Waals surface area contributed by atoms with Gasteiger partial charge in [-0.15, -0.1) is 0 Å². The smallest absolute Gasteiger partial charge is 0.0201 e. The van der Waals surface area contributed by atoms with Crippen LogP contribution in [0.2, 0.25) is 0 Å². The van der Waals surface area contributed by atoms with Crippen LogP contribution in [0.15, 0.2) is 126 Å². The van der Waals surface area contributed by atoms with Crippen LogP contribution in [-0.4, -0.2) is 0 Å². The van der Waals surface area contributed by atoms with Crippen molar-refractivity contribution in [1.29, 1.82) is 0 Å². The number of benzene rings is 2. The molecule has 0 heterocycles. The minimum Gasteiger partial charge on any atom is -0.0955 e. The van der Waals surface area contributed by atoms with E-state index in [-0.39, 0.29) is 5.92 Å². The second-order valence-corrected chi connectivity index (χ2v) is 12.8. The molecule has 0 spiro atoms. The fourth-order valence-electron chi connectivity index (χ4n) is 7.06. The van der Waals surface area contributed by atoms with Gasteiger partial charge in [-0.2, -0.15) is 0 Å². The average molecular weight is 539 g/mol. The highest BCUT2D eigenvalue weighted by Crippen LogP contribution is 2.55. The molecule has 0 heteroatoms. The Morgan fingerprint density at radius 1 is 0.976 bits per heavy atom. The highest BCUT2D eigenvalue weighted by atomic mass is 14.4. The van der Waals surface area contributed by atoms with Gasteiger partial charge in [-0.05, 0) is 102 Å². The van der Waals surface area contributed by atoms with Crippen molar-refractivity contribution in [3.8, 4) is 0 Å². The predicted molar refractivity (Wildman–Crippen MR) is 180 cm³/mol. The third kappa shape index (κ3) is 5.62. The highest BCUT2D eigenvalue weighted by molar-refractivity contribution is 5.82. The maximum absolute atomic E-state index is 4.76. The van der Waals surface area contributed by atoms with Crippen molar-refractivity contribution < 1.29 is 0 Å². The third-order valence-electron chi connectivity index (χ3n) is 9.18. The number of fused-ring (bicyclic) bond motifs is 1. The lowest BCUT2D eigenvalue weighted by molar-refractivity contribution is 0.619. The zero-order valence-electron chi connectivity index (χ0n) is 26.0. The first-order chi connectivity index (χ1) is 19.6. The Hall–Kier alpha value is -3.64. The summed E-state index contributed by atoms with van der Waals surface area (Å²) in [6, 6.07) is 16.1. The quantitative estimate of drug-likeness (QED) is 0.313. The van der Waals surface area contributed by atoms with Crippen LogP contribution < -0.4 is 0 Å². The van der Waals surface area contributed by atoms with Gasteiger partial charge in [0.2, 0.25) is 0 Å². The Bertz CT molecular complexity index is 1570. The van der Waals surface area contributed by atoms with Crippen LogP contribution >= 0.6 is 0 Å². The summed E-state index contributed by atoms with van der Waals surface area (Å²) in [4.78, 5) is 0. The standard InChI is InChI=1S/C41H46/c1-10-11-28(7)39-29(8)21-36-24-35(30(9)40(36)41(39)33-17-15-32(16-18-33)25(2)3)23-31-13-14-34(22-31)37-19-12-27(6)20-38(37)26(4)5/h12-21,23,25,40-41H,4,7,9-11,22,24H2,1-3,5-6,8H3/b35-23+. The van der Waals surface area contributed by atoms with Gasteiger partial charge in [-0.1, -0.05) is 136 Å². The number of hydrogen-bond donors (Lipinski definition) is 0. The van der Waals surface area contributed by atoms with Crippen molar-refractivity contribution in [2.24, 2.45) is 5.92 Å². The molecule has 41 heavy (non-hydrogen) atoms. The van der Waals surface area contributed by atoms with Gasteiger partial charge in [0, 0.05) is 11.8 Å². The minimum atomic E-state index is 0.269. The van der Waals surface area contributed by atoms with Crippen LogP contribution in [0.25, 0.3) is 11.1 Å². The molecule has 0 aromatic heterocycles. The van der Waals surface area contributed by atoms with Crippen molar-refractivity contribution in [3.05, 3.63) is 153 Å². The van der Waals surface area contributed by atoms with E-state index in [0.29, 0.717) is 11.8 Å². The van der Waals surface area contributed by atoms with E-state index in [1.165, 1.54) is 72.4 Å². The van der Waals surface area contributed by atoms with E-state index in [2.05, 4.69) is 121 Å². The molecule has 3 aliphatic carbocycles. The molecule has 2 unspecified atom stereocenters. The fourth-order valence-corrected chi connectivity index (χ4v) is 7.06. The normalized spacial score (nSPS) is 21.3. The van der Waals surface area contributed by atoms with Crippen LogP contribution in [0, 0.1) is 12.8 Å². The maximum Gasteiger partial charge on any atom is 0.0201 e. The molecular formula is C41H46. The van der Waals surface area contributed by atoms with Gasteiger partial charge in [-0.3, -0.25) is 0 Å². The fraction of sp³-hybridized carbons (Fsp3) is 0.317. The lowest BCUT2D eigenvalue weighted by Gasteiger charge is -2.34. The van der Waals surface area contributed by atoms with E-state index in [1.54, 1.807) is 0 Å². The number of allylic oxidation sites excluding steroid dienone is 13. The molecule has 0 bridgehead atoms. The molecular weight excluding hydrogens is 492 g/mol. The molecule has 0 saturated heterocycles. The van der Waals surface area contributed by atoms with E-state index < -0.39 is 0 Å². The summed E-state index contributed by atoms with van der Waals surface area (Å²) in [7, 11) is 0. The largest absolute Gasteiger partial charge is 0.0955 e.